The fraction of sp³-hybridized carbons (Fsp3) is 0.471. The molecule has 0 spiro atoms. The van der Waals surface area contributed by atoms with Gasteiger partial charge in [-0.25, -0.2) is 4.39 Å². The number of hydrogen-bond donors (Lipinski definition) is 2. The molecule has 0 bridgehead atoms. The minimum absolute atomic E-state index is 0.272. The zero-order valence-corrected chi connectivity index (χ0v) is 12.2. The van der Waals surface area contributed by atoms with E-state index < -0.39 is 6.10 Å². The molecule has 1 saturated carbocycles. The number of hydrogen-bond acceptors (Lipinski definition) is 2. The van der Waals surface area contributed by atoms with Crippen LogP contribution in [0.15, 0.2) is 24.3 Å². The quantitative estimate of drug-likeness (QED) is 0.833. The van der Waals surface area contributed by atoms with Gasteiger partial charge in [-0.3, -0.25) is 4.79 Å². The molecule has 0 radical (unpaired) electrons. The maximum Gasteiger partial charge on any atom is 0.295 e. The van der Waals surface area contributed by atoms with Crippen molar-refractivity contribution in [1.82, 2.24) is 5.32 Å². The monoisotopic (exact) mass is 289 g/mol. The van der Waals surface area contributed by atoms with Crippen molar-refractivity contribution in [3.05, 3.63) is 35.6 Å². The van der Waals surface area contributed by atoms with Gasteiger partial charge in [0, 0.05) is 12.0 Å². The second-order valence-corrected chi connectivity index (χ2v) is 5.63. The normalized spacial score (nSPS) is 24.2. The number of carbonyl (C=O) groups is 1. The number of nitrogens with one attached hydrogen (secondary N) is 1. The topological polar surface area (TPSA) is 49.3 Å². The van der Waals surface area contributed by atoms with E-state index in [2.05, 4.69) is 17.2 Å². The predicted octanol–water partition coefficient (Wildman–Crippen LogP) is 2.04. The summed E-state index contributed by atoms with van der Waals surface area (Å²) in [6, 6.07) is 6.31. The van der Waals surface area contributed by atoms with Crippen molar-refractivity contribution in [1.29, 1.82) is 0 Å². The van der Waals surface area contributed by atoms with Crippen LogP contribution in [0.5, 0.6) is 0 Å². The molecular formula is C17H20FNO2. The molecule has 0 unspecified atom stereocenters. The van der Waals surface area contributed by atoms with Gasteiger partial charge in [-0.2, -0.15) is 0 Å². The first-order chi connectivity index (χ1) is 10.1. The molecule has 3 nitrogen and oxygen atoms in total. The largest absolute Gasteiger partial charge is 0.392 e. The number of rotatable bonds is 4. The van der Waals surface area contributed by atoms with Crippen LogP contribution in [-0.4, -0.2) is 23.7 Å². The summed E-state index contributed by atoms with van der Waals surface area (Å²) in [5, 5.41) is 13.1. The summed E-state index contributed by atoms with van der Waals surface area (Å²) < 4.78 is 13.0. The van der Waals surface area contributed by atoms with E-state index in [-0.39, 0.29) is 17.1 Å². The Morgan fingerprint density at radius 1 is 1.48 bits per heavy atom. The summed E-state index contributed by atoms with van der Waals surface area (Å²) in [7, 11) is 0. The fourth-order valence-corrected chi connectivity index (χ4v) is 3.02. The highest BCUT2D eigenvalue weighted by Gasteiger charge is 2.42. The van der Waals surface area contributed by atoms with E-state index in [1.165, 1.54) is 12.1 Å². The molecule has 1 aliphatic carbocycles. The van der Waals surface area contributed by atoms with E-state index in [0.29, 0.717) is 13.0 Å². The Balaban J connectivity index is 2.11. The SMILES string of the molecule is CC#CC(=O)NC[C@]1(Cc2ccc(F)cc2)CCC[C@@H]1O. The minimum Gasteiger partial charge on any atom is -0.392 e. The zero-order chi connectivity index (χ0) is 15.3. The lowest BCUT2D eigenvalue weighted by atomic mass is 9.78. The molecule has 2 N–H and O–H groups in total. The van der Waals surface area contributed by atoms with E-state index in [4.69, 9.17) is 0 Å². The highest BCUT2D eigenvalue weighted by atomic mass is 19.1. The van der Waals surface area contributed by atoms with E-state index in [9.17, 15) is 14.3 Å². The minimum atomic E-state index is -0.461. The molecule has 1 fully saturated rings. The maximum absolute atomic E-state index is 13.0. The molecule has 0 aliphatic heterocycles. The maximum atomic E-state index is 13.0. The van der Waals surface area contributed by atoms with Crippen LogP contribution in [0.2, 0.25) is 0 Å². The number of benzene rings is 1. The van der Waals surface area contributed by atoms with Crippen LogP contribution in [-0.2, 0) is 11.2 Å². The average molecular weight is 289 g/mol. The van der Waals surface area contributed by atoms with Gasteiger partial charge in [-0.05, 0) is 49.8 Å². The van der Waals surface area contributed by atoms with Crippen LogP contribution in [0.1, 0.15) is 31.7 Å². The molecule has 2 rings (SSSR count). The number of aliphatic hydroxyl groups is 1. The number of aliphatic hydroxyl groups excluding tert-OH is 1. The van der Waals surface area contributed by atoms with E-state index in [0.717, 1.165) is 24.8 Å². The molecule has 21 heavy (non-hydrogen) atoms. The second kappa shape index (κ2) is 6.73. The molecular weight excluding hydrogens is 269 g/mol. The Morgan fingerprint density at radius 2 is 2.19 bits per heavy atom. The average Bonchev–Trinajstić information content (AvgIpc) is 2.81. The lowest BCUT2D eigenvalue weighted by Crippen LogP contribution is -2.43. The van der Waals surface area contributed by atoms with Gasteiger partial charge in [0.2, 0.25) is 0 Å². The molecule has 1 aromatic rings. The van der Waals surface area contributed by atoms with E-state index in [1.54, 1.807) is 19.1 Å². The van der Waals surface area contributed by atoms with Crippen molar-refractivity contribution in [3.63, 3.8) is 0 Å². The molecule has 1 aromatic carbocycles. The van der Waals surface area contributed by atoms with Gasteiger partial charge in [-0.1, -0.05) is 24.5 Å². The molecule has 0 saturated heterocycles. The highest BCUT2D eigenvalue weighted by Crippen LogP contribution is 2.40. The van der Waals surface area contributed by atoms with Crippen LogP contribution >= 0.6 is 0 Å². The van der Waals surface area contributed by atoms with Crippen molar-refractivity contribution in [3.8, 4) is 11.8 Å². The van der Waals surface area contributed by atoms with Crippen LogP contribution in [0, 0.1) is 23.1 Å². The standard InChI is InChI=1S/C17H20FNO2/c1-2-4-16(21)19-12-17(10-3-5-15(17)20)11-13-6-8-14(18)9-7-13/h6-9,15,20H,3,5,10-12H2,1H3,(H,19,21)/t15-,17+/m0/s1. The zero-order valence-electron chi connectivity index (χ0n) is 12.2. The molecule has 0 aromatic heterocycles. The Hall–Kier alpha value is -1.86. The molecule has 4 heteroatoms. The smallest absolute Gasteiger partial charge is 0.295 e. The Bertz CT molecular complexity index is 558. The summed E-state index contributed by atoms with van der Waals surface area (Å²) in [6.07, 6.45) is 2.66. The van der Waals surface area contributed by atoms with Gasteiger partial charge in [0.15, 0.2) is 0 Å². The van der Waals surface area contributed by atoms with Crippen molar-refractivity contribution in [2.75, 3.05) is 6.54 Å². The molecule has 0 heterocycles. The summed E-state index contributed by atoms with van der Waals surface area (Å²) in [5.74, 6) is 4.40. The van der Waals surface area contributed by atoms with E-state index in [1.807, 2.05) is 0 Å². The summed E-state index contributed by atoms with van der Waals surface area (Å²) in [4.78, 5) is 11.5. The lowest BCUT2D eigenvalue weighted by Gasteiger charge is -2.33. The third kappa shape index (κ3) is 3.83. The first-order valence-corrected chi connectivity index (χ1v) is 7.19. The first kappa shape index (κ1) is 15.5. The fourth-order valence-electron chi connectivity index (χ4n) is 3.02. The number of halogens is 1. The van der Waals surface area contributed by atoms with Gasteiger partial charge in [0.25, 0.3) is 5.91 Å². The van der Waals surface area contributed by atoms with Crippen LogP contribution in [0.25, 0.3) is 0 Å². The molecule has 112 valence electrons. The predicted molar refractivity (Wildman–Crippen MR) is 78.9 cm³/mol. The highest BCUT2D eigenvalue weighted by molar-refractivity contribution is 5.93. The Kier molecular flexibility index (Phi) is 4.98. The van der Waals surface area contributed by atoms with Crippen molar-refractivity contribution < 1.29 is 14.3 Å². The van der Waals surface area contributed by atoms with Gasteiger partial charge in [0.1, 0.15) is 5.82 Å². The van der Waals surface area contributed by atoms with Gasteiger partial charge >= 0.3 is 0 Å². The third-order valence-corrected chi connectivity index (χ3v) is 4.17. The van der Waals surface area contributed by atoms with Crippen LogP contribution in [0.3, 0.4) is 0 Å². The van der Waals surface area contributed by atoms with Crippen molar-refractivity contribution in [2.24, 2.45) is 5.41 Å². The number of amides is 1. The first-order valence-electron chi connectivity index (χ1n) is 7.19. The van der Waals surface area contributed by atoms with Crippen LogP contribution in [0.4, 0.5) is 4.39 Å². The van der Waals surface area contributed by atoms with Crippen molar-refractivity contribution >= 4 is 5.91 Å². The van der Waals surface area contributed by atoms with Gasteiger partial charge < -0.3 is 10.4 Å². The number of carbonyl (C=O) groups excluding carboxylic acids is 1. The van der Waals surface area contributed by atoms with Crippen LogP contribution < -0.4 is 5.32 Å². The Labute approximate surface area is 124 Å². The Morgan fingerprint density at radius 3 is 2.76 bits per heavy atom. The van der Waals surface area contributed by atoms with Crippen molar-refractivity contribution in [2.45, 2.75) is 38.7 Å². The summed E-state index contributed by atoms with van der Waals surface area (Å²) in [5.41, 5.74) is 0.580. The van der Waals surface area contributed by atoms with E-state index >= 15 is 0 Å². The summed E-state index contributed by atoms with van der Waals surface area (Å²) in [6.45, 7) is 2.00. The molecule has 2 atom stereocenters. The molecule has 1 aliphatic rings. The van der Waals surface area contributed by atoms with Gasteiger partial charge in [0.05, 0.1) is 6.10 Å². The lowest BCUT2D eigenvalue weighted by molar-refractivity contribution is -0.116. The second-order valence-electron chi connectivity index (χ2n) is 5.63. The van der Waals surface area contributed by atoms with Gasteiger partial charge in [-0.15, -0.1) is 0 Å². The summed E-state index contributed by atoms with van der Waals surface area (Å²) >= 11 is 0. The molecule has 1 amide bonds. The third-order valence-electron chi connectivity index (χ3n) is 4.17.